The molecule has 0 atom stereocenters. The van der Waals surface area contributed by atoms with Gasteiger partial charge in [0.05, 0.1) is 4.90 Å². The number of hydrogen-bond donors (Lipinski definition) is 2. The molecular weight excluding hydrogens is 312 g/mol. The Hall–Kier alpha value is -2.18. The highest BCUT2D eigenvalue weighted by Crippen LogP contribution is 2.30. The fourth-order valence-corrected chi connectivity index (χ4v) is 3.96. The van der Waals surface area contributed by atoms with E-state index in [2.05, 4.69) is 4.72 Å². The third kappa shape index (κ3) is 3.97. The first-order valence-electron chi connectivity index (χ1n) is 7.14. The lowest BCUT2D eigenvalue weighted by atomic mass is 9.99. The van der Waals surface area contributed by atoms with Crippen LogP contribution >= 0.6 is 0 Å². The molecule has 0 saturated carbocycles. The van der Waals surface area contributed by atoms with Crippen LogP contribution in [0.4, 0.5) is 0 Å². The minimum absolute atomic E-state index is 0.114. The van der Waals surface area contributed by atoms with E-state index < -0.39 is 21.5 Å². The SMILES string of the molecule is CC(C)(C)NS(=O)(=O)c1ccccc1-c1ccccc1C(N)=O. The number of sulfonamides is 1. The molecule has 0 unspecified atom stereocenters. The Kier molecular flexibility index (Phi) is 4.58. The standard InChI is InChI=1S/C17H20N2O3S/c1-17(2,3)19-23(21,22)15-11-7-6-9-13(15)12-8-4-5-10-14(12)16(18)20/h4-11,19H,1-3H3,(H2,18,20). The summed E-state index contributed by atoms with van der Waals surface area (Å²) in [5, 5.41) is 0. The number of carbonyl (C=O) groups is 1. The highest BCUT2D eigenvalue weighted by Gasteiger charge is 2.25. The molecular formula is C17H20N2O3S. The smallest absolute Gasteiger partial charge is 0.249 e. The van der Waals surface area contributed by atoms with E-state index in [1.54, 1.807) is 63.2 Å². The molecule has 2 aromatic carbocycles. The summed E-state index contributed by atoms with van der Waals surface area (Å²) in [5.41, 5.74) is 6.01. The Morgan fingerprint density at radius 1 is 0.957 bits per heavy atom. The highest BCUT2D eigenvalue weighted by molar-refractivity contribution is 7.89. The molecule has 2 aromatic rings. The second-order valence-corrected chi connectivity index (χ2v) is 7.91. The minimum Gasteiger partial charge on any atom is -0.366 e. The quantitative estimate of drug-likeness (QED) is 0.901. The van der Waals surface area contributed by atoms with Crippen LogP contribution in [0.5, 0.6) is 0 Å². The molecule has 0 aromatic heterocycles. The van der Waals surface area contributed by atoms with E-state index in [0.29, 0.717) is 11.1 Å². The highest BCUT2D eigenvalue weighted by atomic mass is 32.2. The summed E-state index contributed by atoms with van der Waals surface area (Å²) in [6.45, 7) is 5.31. The third-order valence-corrected chi connectivity index (χ3v) is 4.92. The van der Waals surface area contributed by atoms with Crippen LogP contribution in [0.15, 0.2) is 53.4 Å². The van der Waals surface area contributed by atoms with Crippen LogP contribution in [0.2, 0.25) is 0 Å². The normalized spacial score (nSPS) is 12.1. The number of carbonyl (C=O) groups excluding carboxylic acids is 1. The molecule has 0 aliphatic carbocycles. The van der Waals surface area contributed by atoms with E-state index in [0.717, 1.165) is 0 Å². The van der Waals surface area contributed by atoms with Crippen molar-refractivity contribution in [1.82, 2.24) is 4.72 Å². The maximum Gasteiger partial charge on any atom is 0.249 e. The minimum atomic E-state index is -3.74. The van der Waals surface area contributed by atoms with E-state index in [-0.39, 0.29) is 10.5 Å². The van der Waals surface area contributed by atoms with Crippen molar-refractivity contribution in [3.8, 4) is 11.1 Å². The van der Waals surface area contributed by atoms with Gasteiger partial charge in [0.15, 0.2) is 0 Å². The molecule has 122 valence electrons. The van der Waals surface area contributed by atoms with Gasteiger partial charge in [0, 0.05) is 16.7 Å². The summed E-state index contributed by atoms with van der Waals surface area (Å²) in [6, 6.07) is 13.2. The number of hydrogen-bond acceptors (Lipinski definition) is 3. The summed E-state index contributed by atoms with van der Waals surface area (Å²) in [7, 11) is -3.74. The van der Waals surface area contributed by atoms with Crippen molar-refractivity contribution in [2.24, 2.45) is 5.73 Å². The van der Waals surface area contributed by atoms with Gasteiger partial charge in [-0.2, -0.15) is 0 Å². The predicted molar refractivity (Wildman–Crippen MR) is 90.5 cm³/mol. The van der Waals surface area contributed by atoms with Crippen LogP contribution in [0.3, 0.4) is 0 Å². The van der Waals surface area contributed by atoms with Gasteiger partial charge in [0.1, 0.15) is 0 Å². The largest absolute Gasteiger partial charge is 0.366 e. The van der Waals surface area contributed by atoms with Gasteiger partial charge in [-0.1, -0.05) is 36.4 Å². The second kappa shape index (κ2) is 6.14. The van der Waals surface area contributed by atoms with Crippen LogP contribution < -0.4 is 10.5 Å². The Bertz CT molecular complexity index is 837. The van der Waals surface area contributed by atoms with E-state index >= 15 is 0 Å². The molecule has 23 heavy (non-hydrogen) atoms. The van der Waals surface area contributed by atoms with Crippen molar-refractivity contribution < 1.29 is 13.2 Å². The first-order valence-corrected chi connectivity index (χ1v) is 8.62. The van der Waals surface area contributed by atoms with E-state index in [4.69, 9.17) is 5.73 Å². The summed E-state index contributed by atoms with van der Waals surface area (Å²) in [4.78, 5) is 11.8. The lowest BCUT2D eigenvalue weighted by Crippen LogP contribution is -2.40. The van der Waals surface area contributed by atoms with Gasteiger partial charge in [-0.05, 0) is 38.5 Å². The van der Waals surface area contributed by atoms with Crippen LogP contribution in [0, 0.1) is 0 Å². The van der Waals surface area contributed by atoms with Gasteiger partial charge in [0.2, 0.25) is 15.9 Å². The molecule has 2 rings (SSSR count). The van der Waals surface area contributed by atoms with Crippen molar-refractivity contribution in [2.75, 3.05) is 0 Å². The van der Waals surface area contributed by atoms with Crippen LogP contribution in [0.25, 0.3) is 11.1 Å². The summed E-state index contributed by atoms with van der Waals surface area (Å²) >= 11 is 0. The number of nitrogens with two attached hydrogens (primary N) is 1. The van der Waals surface area contributed by atoms with Gasteiger partial charge in [-0.25, -0.2) is 13.1 Å². The molecule has 1 amide bonds. The molecule has 0 spiro atoms. The van der Waals surface area contributed by atoms with Gasteiger partial charge in [-0.15, -0.1) is 0 Å². The molecule has 0 fully saturated rings. The zero-order chi connectivity index (χ0) is 17.3. The number of nitrogens with one attached hydrogen (secondary N) is 1. The molecule has 0 radical (unpaired) electrons. The van der Waals surface area contributed by atoms with E-state index in [1.807, 2.05) is 0 Å². The molecule has 0 aliphatic heterocycles. The molecule has 0 bridgehead atoms. The monoisotopic (exact) mass is 332 g/mol. The fraction of sp³-hybridized carbons (Fsp3) is 0.235. The van der Waals surface area contributed by atoms with Crippen molar-refractivity contribution in [2.45, 2.75) is 31.2 Å². The van der Waals surface area contributed by atoms with Crippen LogP contribution in [0.1, 0.15) is 31.1 Å². The maximum absolute atomic E-state index is 12.7. The number of rotatable bonds is 4. The number of amides is 1. The fourth-order valence-electron chi connectivity index (χ4n) is 2.31. The third-order valence-electron chi connectivity index (χ3n) is 3.10. The molecule has 5 nitrogen and oxygen atoms in total. The predicted octanol–water partition coefficient (Wildman–Crippen LogP) is 2.53. The Morgan fingerprint density at radius 3 is 2.04 bits per heavy atom. The summed E-state index contributed by atoms with van der Waals surface area (Å²) in [6.07, 6.45) is 0. The zero-order valence-electron chi connectivity index (χ0n) is 13.3. The maximum atomic E-state index is 12.7. The molecule has 6 heteroatoms. The summed E-state index contributed by atoms with van der Waals surface area (Å²) < 4.78 is 28.0. The Labute approximate surface area is 136 Å². The van der Waals surface area contributed by atoms with Crippen molar-refractivity contribution in [3.05, 3.63) is 54.1 Å². The van der Waals surface area contributed by atoms with Gasteiger partial charge >= 0.3 is 0 Å². The number of benzene rings is 2. The Balaban J connectivity index is 2.67. The van der Waals surface area contributed by atoms with E-state index in [1.165, 1.54) is 6.07 Å². The molecule has 0 saturated heterocycles. The molecule has 0 aliphatic rings. The van der Waals surface area contributed by atoms with Crippen LogP contribution in [-0.4, -0.2) is 19.9 Å². The van der Waals surface area contributed by atoms with Crippen molar-refractivity contribution in [3.63, 3.8) is 0 Å². The van der Waals surface area contributed by atoms with Crippen LogP contribution in [-0.2, 0) is 10.0 Å². The first-order chi connectivity index (χ1) is 10.6. The summed E-state index contributed by atoms with van der Waals surface area (Å²) in [5.74, 6) is -0.600. The van der Waals surface area contributed by atoms with Gasteiger partial charge in [-0.3, -0.25) is 4.79 Å². The first kappa shape index (κ1) is 17.2. The number of primary amides is 1. The Morgan fingerprint density at radius 2 is 1.48 bits per heavy atom. The second-order valence-electron chi connectivity index (χ2n) is 6.26. The topological polar surface area (TPSA) is 89.3 Å². The van der Waals surface area contributed by atoms with Gasteiger partial charge < -0.3 is 5.73 Å². The lowest BCUT2D eigenvalue weighted by molar-refractivity contribution is 0.100. The zero-order valence-corrected chi connectivity index (χ0v) is 14.1. The van der Waals surface area contributed by atoms with Crippen molar-refractivity contribution >= 4 is 15.9 Å². The average molecular weight is 332 g/mol. The van der Waals surface area contributed by atoms with Crippen molar-refractivity contribution in [1.29, 1.82) is 0 Å². The molecule has 0 heterocycles. The van der Waals surface area contributed by atoms with Gasteiger partial charge in [0.25, 0.3) is 0 Å². The lowest BCUT2D eigenvalue weighted by Gasteiger charge is -2.22. The molecule has 3 N–H and O–H groups in total. The average Bonchev–Trinajstić information content (AvgIpc) is 2.45. The van der Waals surface area contributed by atoms with E-state index in [9.17, 15) is 13.2 Å².